The van der Waals surface area contributed by atoms with Crippen molar-refractivity contribution >= 4 is 11.8 Å². The second kappa shape index (κ2) is 7.73. The minimum absolute atomic E-state index is 0.155. The van der Waals surface area contributed by atoms with Gasteiger partial charge in [-0.2, -0.15) is 0 Å². The Morgan fingerprint density at radius 2 is 1.95 bits per heavy atom. The Morgan fingerprint density at radius 3 is 2.48 bits per heavy atom. The van der Waals surface area contributed by atoms with Gasteiger partial charge in [-0.25, -0.2) is 4.39 Å². The number of carbonyl (C=O) groups is 2. The molecule has 5 nitrogen and oxygen atoms in total. The van der Waals surface area contributed by atoms with Crippen LogP contribution in [0.4, 0.5) is 4.39 Å². The van der Waals surface area contributed by atoms with Crippen molar-refractivity contribution in [3.63, 3.8) is 0 Å². The molecule has 0 aliphatic carbocycles. The lowest BCUT2D eigenvalue weighted by atomic mass is 9.94. The number of nitrogens with one attached hydrogen (secondary N) is 2. The third-order valence-electron chi connectivity index (χ3n) is 3.56. The van der Waals surface area contributed by atoms with E-state index in [4.69, 9.17) is 0 Å². The molecule has 0 heterocycles. The molecule has 2 amide bonds. The van der Waals surface area contributed by atoms with Crippen molar-refractivity contribution in [1.82, 2.24) is 10.6 Å². The zero-order valence-corrected chi connectivity index (χ0v) is 12.3. The largest absolute Gasteiger partial charge is 0.394 e. The zero-order chi connectivity index (χ0) is 15.9. The molecule has 0 atom stereocenters. The first-order valence-electron chi connectivity index (χ1n) is 6.92. The number of benzene rings is 1. The van der Waals surface area contributed by atoms with E-state index >= 15 is 0 Å². The van der Waals surface area contributed by atoms with Crippen LogP contribution in [0.25, 0.3) is 0 Å². The predicted octanol–water partition coefficient (Wildman–Crippen LogP) is 1.22. The van der Waals surface area contributed by atoms with Crippen LogP contribution >= 0.6 is 0 Å². The fourth-order valence-corrected chi connectivity index (χ4v) is 1.92. The molecule has 0 saturated heterocycles. The molecule has 0 fully saturated rings. The standard InChI is InChI=1S/C15H21FN2O3/c1-3-15(4-2,10-19)18-13(20)9-17-14(21)11-6-5-7-12(16)8-11/h5-8,19H,3-4,9-10H2,1-2H3,(H,17,21)(H,18,20). The molecule has 21 heavy (non-hydrogen) atoms. The van der Waals surface area contributed by atoms with E-state index in [9.17, 15) is 19.1 Å². The molecule has 3 N–H and O–H groups in total. The molecule has 1 rings (SSSR count). The highest BCUT2D eigenvalue weighted by atomic mass is 19.1. The van der Waals surface area contributed by atoms with Gasteiger partial charge in [-0.1, -0.05) is 19.9 Å². The minimum Gasteiger partial charge on any atom is -0.394 e. The van der Waals surface area contributed by atoms with Crippen molar-refractivity contribution in [1.29, 1.82) is 0 Å². The molecule has 0 aliphatic rings. The van der Waals surface area contributed by atoms with Crippen molar-refractivity contribution < 1.29 is 19.1 Å². The van der Waals surface area contributed by atoms with Crippen molar-refractivity contribution in [2.75, 3.05) is 13.2 Å². The number of halogens is 1. The molecule has 6 heteroatoms. The van der Waals surface area contributed by atoms with Crippen molar-refractivity contribution in [3.8, 4) is 0 Å². The quantitative estimate of drug-likeness (QED) is 0.708. The maximum absolute atomic E-state index is 13.0. The van der Waals surface area contributed by atoms with E-state index in [0.29, 0.717) is 12.8 Å². The summed E-state index contributed by atoms with van der Waals surface area (Å²) >= 11 is 0. The number of aliphatic hydroxyl groups excluding tert-OH is 1. The Kier molecular flexibility index (Phi) is 6.30. The van der Waals surface area contributed by atoms with Gasteiger partial charge in [0.1, 0.15) is 5.82 Å². The molecule has 116 valence electrons. The normalized spacial score (nSPS) is 11.0. The number of carbonyl (C=O) groups excluding carboxylic acids is 2. The molecule has 0 spiro atoms. The van der Waals surface area contributed by atoms with E-state index in [2.05, 4.69) is 10.6 Å². The van der Waals surface area contributed by atoms with Crippen LogP contribution < -0.4 is 10.6 Å². The van der Waals surface area contributed by atoms with Gasteiger partial charge in [-0.3, -0.25) is 9.59 Å². The van der Waals surface area contributed by atoms with Crippen LogP contribution in [-0.4, -0.2) is 35.6 Å². The molecule has 1 aromatic carbocycles. The Bertz CT molecular complexity index is 493. The molecule has 0 aromatic heterocycles. The summed E-state index contributed by atoms with van der Waals surface area (Å²) in [4.78, 5) is 23.6. The van der Waals surface area contributed by atoms with Crippen molar-refractivity contribution in [2.45, 2.75) is 32.2 Å². The first kappa shape index (κ1) is 17.1. The monoisotopic (exact) mass is 296 g/mol. The molecule has 1 aromatic rings. The van der Waals surface area contributed by atoms with E-state index in [1.165, 1.54) is 18.2 Å². The maximum atomic E-state index is 13.0. The van der Waals surface area contributed by atoms with E-state index in [-0.39, 0.29) is 18.7 Å². The summed E-state index contributed by atoms with van der Waals surface area (Å²) < 4.78 is 13.0. The second-order valence-electron chi connectivity index (χ2n) is 4.89. The molecule has 0 saturated carbocycles. The average molecular weight is 296 g/mol. The van der Waals surface area contributed by atoms with Crippen LogP contribution in [0.1, 0.15) is 37.0 Å². The van der Waals surface area contributed by atoms with Gasteiger partial charge in [0.2, 0.25) is 5.91 Å². The van der Waals surface area contributed by atoms with E-state index in [1.54, 1.807) is 0 Å². The lowest BCUT2D eigenvalue weighted by Gasteiger charge is -2.30. The fourth-order valence-electron chi connectivity index (χ4n) is 1.92. The summed E-state index contributed by atoms with van der Waals surface area (Å²) in [5.41, 5.74) is -0.511. The first-order chi connectivity index (χ1) is 9.96. The van der Waals surface area contributed by atoms with Gasteiger partial charge in [0.25, 0.3) is 5.91 Å². The average Bonchev–Trinajstić information content (AvgIpc) is 2.50. The molecular weight excluding hydrogens is 275 g/mol. The molecule has 0 unspecified atom stereocenters. The Hall–Kier alpha value is -1.95. The number of hydrogen-bond acceptors (Lipinski definition) is 3. The van der Waals surface area contributed by atoms with E-state index < -0.39 is 23.2 Å². The molecular formula is C15H21FN2O3. The van der Waals surface area contributed by atoms with Crippen LogP contribution in [-0.2, 0) is 4.79 Å². The highest BCUT2D eigenvalue weighted by molar-refractivity contribution is 5.96. The number of hydrogen-bond donors (Lipinski definition) is 3. The highest BCUT2D eigenvalue weighted by Crippen LogP contribution is 2.13. The summed E-state index contributed by atoms with van der Waals surface area (Å²) in [5.74, 6) is -1.42. The Balaban J connectivity index is 2.55. The topological polar surface area (TPSA) is 78.4 Å². The fraction of sp³-hybridized carbons (Fsp3) is 0.467. The number of aliphatic hydroxyl groups is 1. The Labute approximate surface area is 123 Å². The van der Waals surface area contributed by atoms with Crippen LogP contribution in [0, 0.1) is 5.82 Å². The third kappa shape index (κ3) is 4.82. The van der Waals surface area contributed by atoms with E-state index in [0.717, 1.165) is 6.07 Å². The van der Waals surface area contributed by atoms with Gasteiger partial charge in [0, 0.05) is 5.56 Å². The van der Waals surface area contributed by atoms with Crippen molar-refractivity contribution in [2.24, 2.45) is 0 Å². The summed E-state index contributed by atoms with van der Waals surface area (Å²) in [5, 5.41) is 14.5. The number of rotatable bonds is 7. The summed E-state index contributed by atoms with van der Waals surface area (Å²) in [6, 6.07) is 5.23. The maximum Gasteiger partial charge on any atom is 0.251 e. The van der Waals surface area contributed by atoms with Gasteiger partial charge in [0.05, 0.1) is 18.7 Å². The van der Waals surface area contributed by atoms with Gasteiger partial charge < -0.3 is 15.7 Å². The van der Waals surface area contributed by atoms with Crippen molar-refractivity contribution in [3.05, 3.63) is 35.6 Å². The SMILES string of the molecule is CCC(CC)(CO)NC(=O)CNC(=O)c1cccc(F)c1. The predicted molar refractivity (Wildman–Crippen MR) is 77.3 cm³/mol. The summed E-state index contributed by atoms with van der Waals surface area (Å²) in [6.45, 7) is 3.34. The minimum atomic E-state index is -0.666. The first-order valence-corrected chi connectivity index (χ1v) is 6.92. The van der Waals surface area contributed by atoms with Crippen LogP contribution in [0.5, 0.6) is 0 Å². The van der Waals surface area contributed by atoms with E-state index in [1.807, 2.05) is 13.8 Å². The van der Waals surface area contributed by atoms with Crippen LogP contribution in [0.3, 0.4) is 0 Å². The van der Waals surface area contributed by atoms with Gasteiger partial charge >= 0.3 is 0 Å². The highest BCUT2D eigenvalue weighted by Gasteiger charge is 2.27. The summed E-state index contributed by atoms with van der Waals surface area (Å²) in [6.07, 6.45) is 1.17. The lowest BCUT2D eigenvalue weighted by Crippen LogP contribution is -2.53. The van der Waals surface area contributed by atoms with Gasteiger partial charge in [-0.05, 0) is 31.0 Å². The zero-order valence-electron chi connectivity index (χ0n) is 12.3. The van der Waals surface area contributed by atoms with Gasteiger partial charge in [-0.15, -0.1) is 0 Å². The molecule has 0 bridgehead atoms. The Morgan fingerprint density at radius 1 is 1.29 bits per heavy atom. The molecule has 0 radical (unpaired) electrons. The molecule has 0 aliphatic heterocycles. The van der Waals surface area contributed by atoms with Gasteiger partial charge in [0.15, 0.2) is 0 Å². The number of amides is 2. The lowest BCUT2D eigenvalue weighted by molar-refractivity contribution is -0.122. The smallest absolute Gasteiger partial charge is 0.251 e. The summed E-state index contributed by atoms with van der Waals surface area (Å²) in [7, 11) is 0. The third-order valence-corrected chi connectivity index (χ3v) is 3.56. The van der Waals surface area contributed by atoms with Crippen LogP contribution in [0.15, 0.2) is 24.3 Å². The van der Waals surface area contributed by atoms with Crippen LogP contribution in [0.2, 0.25) is 0 Å². The second-order valence-corrected chi connectivity index (χ2v) is 4.89.